The summed E-state index contributed by atoms with van der Waals surface area (Å²) >= 11 is 0. The second-order valence-corrected chi connectivity index (χ2v) is 8.65. The highest BCUT2D eigenvalue weighted by molar-refractivity contribution is 7.90. The lowest BCUT2D eigenvalue weighted by Crippen LogP contribution is -2.48. The van der Waals surface area contributed by atoms with Crippen molar-refractivity contribution in [3.8, 4) is 0 Å². The quantitative estimate of drug-likeness (QED) is 0.368. The molecule has 2 bridgehead atoms. The van der Waals surface area contributed by atoms with E-state index in [1.165, 1.54) is 17.1 Å². The Labute approximate surface area is 169 Å². The smallest absolute Gasteiger partial charge is 0.344 e. The number of benzene rings is 1. The number of methoxy groups -OCH3 is 1. The topological polar surface area (TPSA) is 132 Å². The van der Waals surface area contributed by atoms with Crippen molar-refractivity contribution < 1.29 is 27.6 Å². The molecule has 2 atom stereocenters. The van der Waals surface area contributed by atoms with Crippen molar-refractivity contribution in [2.45, 2.75) is 38.0 Å². The van der Waals surface area contributed by atoms with Gasteiger partial charge in [-0.3, -0.25) is 9.63 Å². The number of fused-ring (bicyclic) bond motifs is 2. The van der Waals surface area contributed by atoms with Crippen molar-refractivity contribution in [1.82, 2.24) is 9.96 Å². The number of hydrogen-bond donors (Lipinski definition) is 1. The lowest BCUT2D eigenvalue weighted by Gasteiger charge is -2.29. The number of carbonyl (C=O) groups is 2. The van der Waals surface area contributed by atoms with Crippen LogP contribution in [-0.4, -0.2) is 67.7 Å². The van der Waals surface area contributed by atoms with Gasteiger partial charge in [0.05, 0.1) is 31.4 Å². The molecule has 1 aromatic rings. The summed E-state index contributed by atoms with van der Waals surface area (Å²) in [5, 5.41) is 1.34. The van der Waals surface area contributed by atoms with Gasteiger partial charge in [-0.2, -0.15) is 5.06 Å². The molecule has 10 nitrogen and oxygen atoms in total. The Bertz CT molecular complexity index is 889. The van der Waals surface area contributed by atoms with Crippen LogP contribution in [0.3, 0.4) is 0 Å². The van der Waals surface area contributed by atoms with Crippen LogP contribution in [0.15, 0.2) is 34.7 Å². The fraction of sp³-hybridized carbons (Fsp3) is 0.500. The first kappa shape index (κ1) is 21.1. The summed E-state index contributed by atoms with van der Waals surface area (Å²) in [6, 6.07) is 8.37. The van der Waals surface area contributed by atoms with E-state index < -0.39 is 27.8 Å². The largest absolute Gasteiger partial charge is 0.469 e. The van der Waals surface area contributed by atoms with Crippen LogP contribution in [0.2, 0.25) is 0 Å². The average Bonchev–Trinajstić information content (AvgIpc) is 2.95. The summed E-state index contributed by atoms with van der Waals surface area (Å²) in [5.74, 6) is -1.31. The molecule has 2 amide bonds. The summed E-state index contributed by atoms with van der Waals surface area (Å²) in [4.78, 5) is 31.1. The highest BCUT2D eigenvalue weighted by Gasteiger charge is 2.47. The number of rotatable bonds is 8. The Morgan fingerprint density at radius 2 is 2.00 bits per heavy atom. The SMILES string of the molecule is COC(=O)CCS(=O)(=O)/N=C(\N)[C@@H]1CC[C@@H]2CN1C(=O)N2OCc1ccccc1. The number of ether oxygens (including phenoxy) is 1. The highest BCUT2D eigenvalue weighted by Crippen LogP contribution is 2.30. The molecule has 29 heavy (non-hydrogen) atoms. The molecule has 0 saturated carbocycles. The van der Waals surface area contributed by atoms with Gasteiger partial charge in [0.15, 0.2) is 0 Å². The van der Waals surface area contributed by atoms with E-state index >= 15 is 0 Å². The highest BCUT2D eigenvalue weighted by atomic mass is 32.2. The van der Waals surface area contributed by atoms with Crippen LogP contribution >= 0.6 is 0 Å². The van der Waals surface area contributed by atoms with Gasteiger partial charge >= 0.3 is 12.0 Å². The number of urea groups is 1. The number of piperidine rings is 1. The Hall–Kier alpha value is -2.66. The molecule has 158 valence electrons. The van der Waals surface area contributed by atoms with Crippen molar-refractivity contribution in [1.29, 1.82) is 0 Å². The number of esters is 1. The number of carbonyl (C=O) groups excluding carboxylic acids is 2. The van der Waals surface area contributed by atoms with Gasteiger partial charge in [0.1, 0.15) is 12.4 Å². The van der Waals surface area contributed by atoms with Gasteiger partial charge in [-0.1, -0.05) is 30.3 Å². The second-order valence-electron chi connectivity index (χ2n) is 6.90. The third-order valence-electron chi connectivity index (χ3n) is 4.91. The number of sulfonamides is 1. The average molecular weight is 424 g/mol. The minimum absolute atomic E-state index is 0.119. The fourth-order valence-corrected chi connectivity index (χ4v) is 4.36. The van der Waals surface area contributed by atoms with Gasteiger partial charge in [-0.15, -0.1) is 4.40 Å². The van der Waals surface area contributed by atoms with Gasteiger partial charge < -0.3 is 15.4 Å². The lowest BCUT2D eigenvalue weighted by molar-refractivity contribution is -0.140. The van der Waals surface area contributed by atoms with Gasteiger partial charge in [-0.25, -0.2) is 13.2 Å². The number of amidine groups is 1. The molecule has 1 aromatic carbocycles. The molecule has 2 aliphatic heterocycles. The first-order chi connectivity index (χ1) is 13.8. The van der Waals surface area contributed by atoms with Crippen LogP contribution in [0, 0.1) is 0 Å². The van der Waals surface area contributed by atoms with Crippen molar-refractivity contribution >= 4 is 27.9 Å². The Kier molecular flexibility index (Phi) is 6.38. The maximum atomic E-state index is 12.7. The number of amides is 2. The number of nitrogens with zero attached hydrogens (tertiary/aromatic N) is 3. The van der Waals surface area contributed by atoms with E-state index in [0.29, 0.717) is 19.4 Å². The van der Waals surface area contributed by atoms with Crippen LogP contribution in [-0.2, 0) is 31.0 Å². The van der Waals surface area contributed by atoms with E-state index in [-0.39, 0.29) is 30.9 Å². The minimum atomic E-state index is -3.95. The summed E-state index contributed by atoms with van der Waals surface area (Å²) in [7, 11) is -2.78. The molecule has 0 spiro atoms. The molecule has 0 radical (unpaired) electrons. The van der Waals surface area contributed by atoms with Crippen molar-refractivity contribution in [3.05, 3.63) is 35.9 Å². The molecule has 2 saturated heterocycles. The van der Waals surface area contributed by atoms with Crippen LogP contribution in [0.5, 0.6) is 0 Å². The maximum Gasteiger partial charge on any atom is 0.344 e. The lowest BCUT2D eigenvalue weighted by atomic mass is 10.0. The third-order valence-corrected chi connectivity index (χ3v) is 6.12. The monoisotopic (exact) mass is 424 g/mol. The summed E-state index contributed by atoms with van der Waals surface area (Å²) in [5.41, 5.74) is 6.87. The van der Waals surface area contributed by atoms with E-state index in [4.69, 9.17) is 10.6 Å². The molecule has 2 N–H and O–H groups in total. The Morgan fingerprint density at radius 3 is 2.69 bits per heavy atom. The van der Waals surface area contributed by atoms with Gasteiger partial charge in [-0.05, 0) is 18.4 Å². The number of nitrogens with two attached hydrogens (primary N) is 1. The first-order valence-electron chi connectivity index (χ1n) is 9.22. The molecule has 0 aliphatic carbocycles. The van der Waals surface area contributed by atoms with Crippen LogP contribution in [0.1, 0.15) is 24.8 Å². The third kappa shape index (κ3) is 5.04. The Balaban J connectivity index is 1.64. The van der Waals surface area contributed by atoms with E-state index in [0.717, 1.165) is 5.56 Å². The van der Waals surface area contributed by atoms with E-state index in [9.17, 15) is 18.0 Å². The van der Waals surface area contributed by atoms with E-state index in [1.807, 2.05) is 30.3 Å². The summed E-state index contributed by atoms with van der Waals surface area (Å²) in [6.07, 6.45) is 0.773. The molecular weight excluding hydrogens is 400 g/mol. The zero-order chi connectivity index (χ0) is 21.0. The molecule has 11 heteroatoms. The normalized spacial score (nSPS) is 22.1. The first-order valence-corrected chi connectivity index (χ1v) is 10.8. The standard InChI is InChI=1S/C18H24N4O6S/c1-27-16(23)9-10-29(25,26)20-17(19)15-8-7-14-11-21(15)18(24)22(14)28-12-13-5-3-2-4-6-13/h2-6,14-15H,7-12H2,1H3,(H2,19,20)/t14-,15+/m1/s1. The van der Waals surface area contributed by atoms with E-state index in [2.05, 4.69) is 9.13 Å². The zero-order valence-corrected chi connectivity index (χ0v) is 16.9. The van der Waals surface area contributed by atoms with Gasteiger partial charge in [0.2, 0.25) is 0 Å². The van der Waals surface area contributed by atoms with Gasteiger partial charge in [0.25, 0.3) is 10.0 Å². The van der Waals surface area contributed by atoms with Crippen molar-refractivity contribution in [2.75, 3.05) is 19.4 Å². The summed E-state index contributed by atoms with van der Waals surface area (Å²) < 4.78 is 32.2. The van der Waals surface area contributed by atoms with Crippen LogP contribution < -0.4 is 5.73 Å². The van der Waals surface area contributed by atoms with Gasteiger partial charge in [0, 0.05) is 6.54 Å². The van der Waals surface area contributed by atoms with Crippen molar-refractivity contribution in [2.24, 2.45) is 10.1 Å². The molecule has 3 rings (SSSR count). The van der Waals surface area contributed by atoms with Crippen molar-refractivity contribution in [3.63, 3.8) is 0 Å². The predicted molar refractivity (Wildman–Crippen MR) is 104 cm³/mol. The molecule has 0 unspecified atom stereocenters. The van der Waals surface area contributed by atoms with Crippen LogP contribution in [0.25, 0.3) is 0 Å². The van der Waals surface area contributed by atoms with Crippen LogP contribution in [0.4, 0.5) is 4.79 Å². The van der Waals surface area contributed by atoms with E-state index in [1.54, 1.807) is 0 Å². The fourth-order valence-electron chi connectivity index (χ4n) is 3.41. The minimum Gasteiger partial charge on any atom is -0.469 e. The molecule has 2 heterocycles. The summed E-state index contributed by atoms with van der Waals surface area (Å²) in [6.45, 7) is 0.643. The molecule has 0 aromatic heterocycles. The number of hydrogen-bond acceptors (Lipinski definition) is 6. The zero-order valence-electron chi connectivity index (χ0n) is 16.1. The number of hydroxylamine groups is 2. The second kappa shape index (κ2) is 8.78. The Morgan fingerprint density at radius 1 is 1.28 bits per heavy atom. The molecule has 2 aliphatic rings. The predicted octanol–water partition coefficient (Wildman–Crippen LogP) is 0.637. The maximum absolute atomic E-state index is 12.7. The molecule has 2 fully saturated rings. The molecular formula is C18H24N4O6S.